The number of hydrogen-bond acceptors (Lipinski definition) is 4. The number of hydrogen-bond donors (Lipinski definition) is 1. The smallest absolute Gasteiger partial charge is 0.254 e. The van der Waals surface area contributed by atoms with Crippen molar-refractivity contribution in [1.29, 1.82) is 0 Å². The summed E-state index contributed by atoms with van der Waals surface area (Å²) in [6, 6.07) is 10.3. The number of ether oxygens (including phenoxy) is 2. The van der Waals surface area contributed by atoms with Crippen molar-refractivity contribution in [2.45, 2.75) is 0 Å². The second kappa shape index (κ2) is 5.18. The van der Waals surface area contributed by atoms with Crippen molar-refractivity contribution in [3.63, 3.8) is 0 Å². The van der Waals surface area contributed by atoms with Crippen LogP contribution in [0.25, 0.3) is 0 Å². The van der Waals surface area contributed by atoms with Gasteiger partial charge in [0, 0.05) is 6.20 Å². The maximum atomic E-state index is 11.2. The molecule has 5 nitrogen and oxygen atoms in total. The standard InChI is InChI=1S/C13H12N2O3/c1-17-10-6-2-3-7-11(10)18-13-9(12(14)16)5-4-8-15-13/h2-8H,1H3,(H2,14,16). The number of nitrogens with zero attached hydrogens (tertiary/aromatic N) is 1. The molecule has 0 bridgehead atoms. The van der Waals surface area contributed by atoms with Crippen LogP contribution in [0, 0.1) is 0 Å². The van der Waals surface area contributed by atoms with Gasteiger partial charge in [-0.1, -0.05) is 12.1 Å². The molecule has 0 aliphatic rings. The zero-order chi connectivity index (χ0) is 13.0. The first-order valence-corrected chi connectivity index (χ1v) is 5.28. The van der Waals surface area contributed by atoms with E-state index in [0.29, 0.717) is 11.5 Å². The Morgan fingerprint density at radius 3 is 2.56 bits per heavy atom. The van der Waals surface area contributed by atoms with Crippen LogP contribution in [0.15, 0.2) is 42.6 Å². The predicted molar refractivity (Wildman–Crippen MR) is 65.8 cm³/mol. The zero-order valence-electron chi connectivity index (χ0n) is 9.79. The molecule has 2 aromatic rings. The summed E-state index contributed by atoms with van der Waals surface area (Å²) in [6.07, 6.45) is 1.52. The normalized spacial score (nSPS) is 9.83. The van der Waals surface area contributed by atoms with E-state index in [1.54, 1.807) is 30.3 Å². The molecule has 0 aliphatic carbocycles. The Kier molecular flexibility index (Phi) is 3.43. The van der Waals surface area contributed by atoms with E-state index in [1.807, 2.05) is 6.07 Å². The fourth-order valence-electron chi connectivity index (χ4n) is 1.47. The predicted octanol–water partition coefficient (Wildman–Crippen LogP) is 1.98. The second-order valence-corrected chi connectivity index (χ2v) is 3.47. The number of benzene rings is 1. The van der Waals surface area contributed by atoms with E-state index in [1.165, 1.54) is 13.3 Å². The van der Waals surface area contributed by atoms with Crippen LogP contribution in [0.3, 0.4) is 0 Å². The van der Waals surface area contributed by atoms with E-state index >= 15 is 0 Å². The van der Waals surface area contributed by atoms with Crippen LogP contribution < -0.4 is 15.2 Å². The van der Waals surface area contributed by atoms with Crippen LogP contribution in [0.4, 0.5) is 0 Å². The topological polar surface area (TPSA) is 74.4 Å². The van der Waals surface area contributed by atoms with E-state index < -0.39 is 5.91 Å². The molecule has 92 valence electrons. The molecule has 0 aliphatic heterocycles. The highest BCUT2D eigenvalue weighted by Gasteiger charge is 2.12. The number of primary amides is 1. The van der Waals surface area contributed by atoms with Crippen LogP contribution in [0.2, 0.25) is 0 Å². The average molecular weight is 244 g/mol. The molecule has 2 N–H and O–H groups in total. The minimum absolute atomic E-state index is 0.162. The van der Waals surface area contributed by atoms with Gasteiger partial charge in [0.1, 0.15) is 5.56 Å². The average Bonchev–Trinajstić information content (AvgIpc) is 2.40. The first-order chi connectivity index (χ1) is 8.72. The molecule has 0 fully saturated rings. The van der Waals surface area contributed by atoms with E-state index in [2.05, 4.69) is 4.98 Å². The minimum atomic E-state index is -0.590. The fourth-order valence-corrected chi connectivity index (χ4v) is 1.47. The Bertz CT molecular complexity index is 570. The van der Waals surface area contributed by atoms with Crippen molar-refractivity contribution >= 4 is 5.91 Å². The summed E-state index contributed by atoms with van der Waals surface area (Å²) in [5, 5.41) is 0. The summed E-state index contributed by atoms with van der Waals surface area (Å²) in [7, 11) is 1.54. The molecule has 2 rings (SSSR count). The van der Waals surface area contributed by atoms with Gasteiger partial charge < -0.3 is 15.2 Å². The molecule has 0 unspecified atom stereocenters. The Balaban J connectivity index is 2.37. The third-order valence-electron chi connectivity index (χ3n) is 2.31. The molecule has 0 saturated heterocycles. The van der Waals surface area contributed by atoms with Gasteiger partial charge in [-0.25, -0.2) is 4.98 Å². The highest BCUT2D eigenvalue weighted by Crippen LogP contribution is 2.31. The van der Waals surface area contributed by atoms with Gasteiger partial charge in [0.15, 0.2) is 11.5 Å². The maximum Gasteiger partial charge on any atom is 0.254 e. The van der Waals surface area contributed by atoms with Crippen LogP contribution in [0.5, 0.6) is 17.4 Å². The Labute approximate surface area is 104 Å². The summed E-state index contributed by atoms with van der Waals surface area (Å²) >= 11 is 0. The van der Waals surface area contributed by atoms with Gasteiger partial charge in [0.05, 0.1) is 7.11 Å². The number of para-hydroxylation sites is 2. The molecule has 5 heteroatoms. The quantitative estimate of drug-likeness (QED) is 0.892. The van der Waals surface area contributed by atoms with Gasteiger partial charge >= 0.3 is 0 Å². The lowest BCUT2D eigenvalue weighted by molar-refractivity contribution is 0.0997. The van der Waals surface area contributed by atoms with Gasteiger partial charge in [0.25, 0.3) is 5.91 Å². The van der Waals surface area contributed by atoms with Gasteiger partial charge in [-0.3, -0.25) is 4.79 Å². The monoisotopic (exact) mass is 244 g/mol. The van der Waals surface area contributed by atoms with Crippen LogP contribution >= 0.6 is 0 Å². The van der Waals surface area contributed by atoms with Crippen molar-refractivity contribution in [1.82, 2.24) is 4.98 Å². The number of amides is 1. The lowest BCUT2D eigenvalue weighted by Crippen LogP contribution is -2.12. The molecule has 1 aromatic heterocycles. The van der Waals surface area contributed by atoms with Gasteiger partial charge in [-0.15, -0.1) is 0 Å². The molecule has 1 aromatic carbocycles. The van der Waals surface area contributed by atoms with Gasteiger partial charge in [0.2, 0.25) is 5.88 Å². The summed E-state index contributed by atoms with van der Waals surface area (Å²) in [6.45, 7) is 0. The molecular weight excluding hydrogens is 232 g/mol. The molecule has 1 heterocycles. The van der Waals surface area contributed by atoms with Crippen LogP contribution in [-0.4, -0.2) is 18.0 Å². The fraction of sp³-hybridized carbons (Fsp3) is 0.0769. The Hall–Kier alpha value is -2.56. The first-order valence-electron chi connectivity index (χ1n) is 5.28. The van der Waals surface area contributed by atoms with Crippen molar-refractivity contribution in [2.24, 2.45) is 5.73 Å². The number of methoxy groups -OCH3 is 1. The SMILES string of the molecule is COc1ccccc1Oc1ncccc1C(N)=O. The Morgan fingerprint density at radius 2 is 1.89 bits per heavy atom. The number of pyridine rings is 1. The van der Waals surface area contributed by atoms with E-state index in [4.69, 9.17) is 15.2 Å². The maximum absolute atomic E-state index is 11.2. The highest BCUT2D eigenvalue weighted by molar-refractivity contribution is 5.95. The Morgan fingerprint density at radius 1 is 1.17 bits per heavy atom. The molecule has 0 atom stereocenters. The zero-order valence-corrected chi connectivity index (χ0v) is 9.79. The number of carbonyl (C=O) groups excluding carboxylic acids is 1. The minimum Gasteiger partial charge on any atom is -0.493 e. The van der Waals surface area contributed by atoms with Gasteiger partial charge in [-0.2, -0.15) is 0 Å². The second-order valence-electron chi connectivity index (χ2n) is 3.47. The molecule has 0 saturated carbocycles. The van der Waals surface area contributed by atoms with E-state index in [-0.39, 0.29) is 11.4 Å². The number of rotatable bonds is 4. The summed E-state index contributed by atoms with van der Waals surface area (Å²) < 4.78 is 10.7. The highest BCUT2D eigenvalue weighted by atomic mass is 16.5. The lowest BCUT2D eigenvalue weighted by atomic mass is 10.2. The van der Waals surface area contributed by atoms with Crippen LogP contribution in [0.1, 0.15) is 10.4 Å². The summed E-state index contributed by atoms with van der Waals surface area (Å²) in [5.74, 6) is 0.599. The summed E-state index contributed by atoms with van der Waals surface area (Å²) in [4.78, 5) is 15.2. The molecule has 0 spiro atoms. The van der Waals surface area contributed by atoms with Crippen LogP contribution in [-0.2, 0) is 0 Å². The number of carbonyl (C=O) groups is 1. The molecule has 0 radical (unpaired) electrons. The number of aromatic nitrogens is 1. The summed E-state index contributed by atoms with van der Waals surface area (Å²) in [5.41, 5.74) is 5.47. The third-order valence-corrected chi connectivity index (χ3v) is 2.31. The van der Waals surface area contributed by atoms with Crippen molar-refractivity contribution in [3.8, 4) is 17.4 Å². The molecule has 18 heavy (non-hydrogen) atoms. The number of nitrogens with two attached hydrogens (primary N) is 1. The van der Waals surface area contributed by atoms with E-state index in [9.17, 15) is 4.79 Å². The largest absolute Gasteiger partial charge is 0.493 e. The molecule has 1 amide bonds. The van der Waals surface area contributed by atoms with E-state index in [0.717, 1.165) is 0 Å². The van der Waals surface area contributed by atoms with Gasteiger partial charge in [-0.05, 0) is 24.3 Å². The van der Waals surface area contributed by atoms with Crippen molar-refractivity contribution in [3.05, 3.63) is 48.2 Å². The third kappa shape index (κ3) is 2.40. The van der Waals surface area contributed by atoms with Crippen molar-refractivity contribution < 1.29 is 14.3 Å². The first kappa shape index (κ1) is 11.9. The lowest BCUT2D eigenvalue weighted by Gasteiger charge is -2.10. The van der Waals surface area contributed by atoms with Crippen molar-refractivity contribution in [2.75, 3.05) is 7.11 Å². The molecular formula is C13H12N2O3.